The highest BCUT2D eigenvalue weighted by Crippen LogP contribution is 2.23. The van der Waals surface area contributed by atoms with Gasteiger partial charge in [0, 0.05) is 6.07 Å². The van der Waals surface area contributed by atoms with Crippen molar-refractivity contribution in [2.75, 3.05) is 11.9 Å². The van der Waals surface area contributed by atoms with E-state index in [4.69, 9.17) is 0 Å². The van der Waals surface area contributed by atoms with Crippen LogP contribution in [0, 0.1) is 10.1 Å². The maximum Gasteiger partial charge on any atom is 0.292 e. The van der Waals surface area contributed by atoms with Gasteiger partial charge in [0.1, 0.15) is 11.5 Å². The summed E-state index contributed by atoms with van der Waals surface area (Å²) in [5, 5.41) is 14.3. The van der Waals surface area contributed by atoms with Crippen molar-refractivity contribution in [2.24, 2.45) is 0 Å². The fourth-order valence-electron chi connectivity index (χ4n) is 3.07. The molecule has 0 aliphatic heterocycles. The second-order valence-electron chi connectivity index (χ2n) is 6.53. The van der Waals surface area contributed by atoms with Crippen molar-refractivity contribution in [3.05, 3.63) is 74.8 Å². The van der Waals surface area contributed by atoms with Crippen molar-refractivity contribution in [3.8, 4) is 0 Å². The molecular formula is C20H21N5O4. The van der Waals surface area contributed by atoms with Crippen LogP contribution in [0.3, 0.4) is 0 Å². The van der Waals surface area contributed by atoms with Crippen LogP contribution >= 0.6 is 0 Å². The topological polar surface area (TPSA) is 121 Å². The average Bonchev–Trinajstić information content (AvgIpc) is 2.71. The second-order valence-corrected chi connectivity index (χ2v) is 6.53. The molecule has 3 aromatic rings. The van der Waals surface area contributed by atoms with Gasteiger partial charge in [-0.1, -0.05) is 31.2 Å². The molecule has 0 spiro atoms. The third-order valence-electron chi connectivity index (χ3n) is 4.71. The zero-order chi connectivity index (χ0) is 21.0. The number of nitro benzene ring substituents is 1. The largest absolute Gasteiger partial charge is 0.319 e. The van der Waals surface area contributed by atoms with Crippen LogP contribution in [-0.4, -0.2) is 38.3 Å². The number of likely N-dealkylation sites (N-methyl/N-ethyl adjacent to an activating group) is 1. The Morgan fingerprint density at radius 1 is 1.24 bits per heavy atom. The summed E-state index contributed by atoms with van der Waals surface area (Å²) >= 11 is 0. The summed E-state index contributed by atoms with van der Waals surface area (Å²) < 4.78 is 0. The van der Waals surface area contributed by atoms with E-state index >= 15 is 0 Å². The highest BCUT2D eigenvalue weighted by Gasteiger charge is 2.23. The third-order valence-corrected chi connectivity index (χ3v) is 4.71. The number of hydrogen-bond donors (Lipinski definition) is 2. The molecule has 0 aliphatic carbocycles. The van der Waals surface area contributed by atoms with Gasteiger partial charge >= 0.3 is 0 Å². The molecule has 1 unspecified atom stereocenters. The number of H-pyrrole nitrogens is 1. The van der Waals surface area contributed by atoms with Gasteiger partial charge < -0.3 is 10.3 Å². The van der Waals surface area contributed by atoms with Crippen LogP contribution in [0.2, 0.25) is 0 Å². The summed E-state index contributed by atoms with van der Waals surface area (Å²) in [7, 11) is 0. The van der Waals surface area contributed by atoms with E-state index in [0.29, 0.717) is 23.3 Å². The number of para-hydroxylation sites is 3. The molecule has 0 saturated heterocycles. The maximum absolute atomic E-state index is 12.7. The fourth-order valence-corrected chi connectivity index (χ4v) is 3.07. The number of benzene rings is 2. The molecule has 1 amide bonds. The summed E-state index contributed by atoms with van der Waals surface area (Å²) in [6, 6.07) is 12.4. The molecule has 2 N–H and O–H groups in total. The Balaban J connectivity index is 1.79. The zero-order valence-corrected chi connectivity index (χ0v) is 16.1. The Hall–Kier alpha value is -3.59. The van der Waals surface area contributed by atoms with Gasteiger partial charge in [0.05, 0.1) is 28.4 Å². The maximum atomic E-state index is 12.7. The highest BCUT2D eigenvalue weighted by molar-refractivity contribution is 5.96. The van der Waals surface area contributed by atoms with Gasteiger partial charge in [-0.25, -0.2) is 4.98 Å². The lowest BCUT2D eigenvalue weighted by Crippen LogP contribution is -2.42. The van der Waals surface area contributed by atoms with Crippen molar-refractivity contribution in [1.29, 1.82) is 0 Å². The number of carbonyl (C=O) groups excluding carboxylic acids is 1. The zero-order valence-electron chi connectivity index (χ0n) is 16.1. The van der Waals surface area contributed by atoms with Gasteiger partial charge in [0.15, 0.2) is 0 Å². The quantitative estimate of drug-likeness (QED) is 0.469. The number of aromatic nitrogens is 2. The minimum Gasteiger partial charge on any atom is -0.319 e. The Morgan fingerprint density at radius 2 is 1.93 bits per heavy atom. The lowest BCUT2D eigenvalue weighted by atomic mass is 10.2. The molecule has 0 aliphatic rings. The van der Waals surface area contributed by atoms with Crippen molar-refractivity contribution in [1.82, 2.24) is 14.9 Å². The van der Waals surface area contributed by atoms with E-state index in [1.165, 1.54) is 18.2 Å². The average molecular weight is 395 g/mol. The van der Waals surface area contributed by atoms with Crippen molar-refractivity contribution >= 4 is 28.2 Å². The lowest BCUT2D eigenvalue weighted by Gasteiger charge is -2.26. The Labute approximate surface area is 166 Å². The summed E-state index contributed by atoms with van der Waals surface area (Å²) in [6.07, 6.45) is 0. The number of carbonyl (C=O) groups is 1. The van der Waals surface area contributed by atoms with E-state index in [1.54, 1.807) is 37.3 Å². The van der Waals surface area contributed by atoms with E-state index in [1.807, 2.05) is 11.8 Å². The lowest BCUT2D eigenvalue weighted by molar-refractivity contribution is -0.383. The normalized spacial score (nSPS) is 12.1. The number of rotatable bonds is 7. The van der Waals surface area contributed by atoms with Gasteiger partial charge in [-0.05, 0) is 31.7 Å². The molecule has 150 valence electrons. The SMILES string of the molecule is CCN(Cc1nc2ccccc2c(=O)[nH]1)C(C)C(=O)Nc1ccccc1[N+](=O)[O-]. The first kappa shape index (κ1) is 20.2. The van der Waals surface area contributed by atoms with Crippen molar-refractivity contribution in [3.63, 3.8) is 0 Å². The number of aromatic amines is 1. The molecule has 0 bridgehead atoms. The van der Waals surface area contributed by atoms with E-state index in [0.717, 1.165) is 0 Å². The molecule has 0 radical (unpaired) electrons. The molecule has 9 heteroatoms. The second kappa shape index (κ2) is 8.61. The standard InChI is InChI=1S/C20H21N5O4/c1-3-24(12-18-21-15-9-5-4-8-14(15)20(27)23-18)13(2)19(26)22-16-10-6-7-11-17(16)25(28)29/h4-11,13H,3,12H2,1-2H3,(H,22,26)(H,21,23,27). The highest BCUT2D eigenvalue weighted by atomic mass is 16.6. The third kappa shape index (κ3) is 4.46. The van der Waals surface area contributed by atoms with Crippen molar-refractivity contribution < 1.29 is 9.72 Å². The van der Waals surface area contributed by atoms with E-state index in [9.17, 15) is 19.7 Å². The summed E-state index contributed by atoms with van der Waals surface area (Å²) in [5.41, 5.74) is 0.317. The van der Waals surface area contributed by atoms with E-state index in [-0.39, 0.29) is 29.4 Å². The summed E-state index contributed by atoms with van der Waals surface area (Å²) in [4.78, 5) is 44.6. The first-order chi connectivity index (χ1) is 13.9. The van der Waals surface area contributed by atoms with Gasteiger partial charge in [0.2, 0.25) is 5.91 Å². The summed E-state index contributed by atoms with van der Waals surface area (Å²) in [6.45, 7) is 4.35. The van der Waals surface area contributed by atoms with Crippen LogP contribution in [0.4, 0.5) is 11.4 Å². The molecule has 0 fully saturated rings. The van der Waals surface area contributed by atoms with Crippen LogP contribution in [0.1, 0.15) is 19.7 Å². The Bertz CT molecular complexity index is 1110. The molecule has 1 heterocycles. The minimum atomic E-state index is -0.600. The van der Waals surface area contributed by atoms with Crippen LogP contribution in [0.5, 0.6) is 0 Å². The number of nitrogens with one attached hydrogen (secondary N) is 2. The van der Waals surface area contributed by atoms with E-state index < -0.39 is 11.0 Å². The van der Waals surface area contributed by atoms with Crippen LogP contribution in [0.15, 0.2) is 53.3 Å². The monoisotopic (exact) mass is 395 g/mol. The number of hydrogen-bond acceptors (Lipinski definition) is 6. The Morgan fingerprint density at radius 3 is 2.66 bits per heavy atom. The van der Waals surface area contributed by atoms with Crippen molar-refractivity contribution in [2.45, 2.75) is 26.4 Å². The molecular weight excluding hydrogens is 374 g/mol. The molecule has 0 saturated carbocycles. The number of nitrogens with zero attached hydrogens (tertiary/aromatic N) is 3. The number of fused-ring (bicyclic) bond motifs is 1. The van der Waals surface area contributed by atoms with Gasteiger partial charge in [-0.3, -0.25) is 24.6 Å². The molecule has 1 aromatic heterocycles. The fraction of sp³-hybridized carbons (Fsp3) is 0.250. The predicted molar refractivity (Wildman–Crippen MR) is 110 cm³/mol. The predicted octanol–water partition coefficient (Wildman–Crippen LogP) is 2.68. The van der Waals surface area contributed by atoms with E-state index in [2.05, 4.69) is 15.3 Å². The van der Waals surface area contributed by atoms with Gasteiger partial charge in [0.25, 0.3) is 11.2 Å². The van der Waals surface area contributed by atoms with Crippen LogP contribution < -0.4 is 10.9 Å². The van der Waals surface area contributed by atoms with Gasteiger partial charge in [-0.15, -0.1) is 0 Å². The molecule has 9 nitrogen and oxygen atoms in total. The number of nitro groups is 1. The molecule has 29 heavy (non-hydrogen) atoms. The van der Waals surface area contributed by atoms with Crippen LogP contribution in [-0.2, 0) is 11.3 Å². The van der Waals surface area contributed by atoms with Gasteiger partial charge in [-0.2, -0.15) is 0 Å². The Kier molecular flexibility index (Phi) is 5.99. The molecule has 1 atom stereocenters. The van der Waals surface area contributed by atoms with Crippen LogP contribution in [0.25, 0.3) is 10.9 Å². The smallest absolute Gasteiger partial charge is 0.292 e. The number of anilines is 1. The number of amides is 1. The minimum absolute atomic E-state index is 0.141. The first-order valence-corrected chi connectivity index (χ1v) is 9.17. The molecule has 2 aromatic carbocycles. The molecule has 3 rings (SSSR count). The summed E-state index contributed by atoms with van der Waals surface area (Å²) in [5.74, 6) is 0.0603. The first-order valence-electron chi connectivity index (χ1n) is 9.17.